The van der Waals surface area contributed by atoms with Crippen molar-refractivity contribution in [3.8, 4) is 11.5 Å². The minimum Gasteiger partial charge on any atom is -0.493 e. The number of aliphatic hydroxyl groups excluding tert-OH is 1. The van der Waals surface area contributed by atoms with Crippen LogP contribution in [0.3, 0.4) is 0 Å². The highest BCUT2D eigenvalue weighted by Gasteiger charge is 2.50. The molecule has 0 radical (unpaired) electrons. The molecular weight excluding hydrogens is 266 g/mol. The Balaban J connectivity index is 2.01. The summed E-state index contributed by atoms with van der Waals surface area (Å²) in [4.78, 5) is 2.40. The Morgan fingerprint density at radius 1 is 1.19 bits per heavy atom. The molecule has 1 aromatic rings. The third-order valence-electron chi connectivity index (χ3n) is 5.46. The van der Waals surface area contributed by atoms with Gasteiger partial charge in [0.1, 0.15) is 0 Å². The molecule has 1 N–H and O–H groups in total. The zero-order chi connectivity index (χ0) is 15.0. The van der Waals surface area contributed by atoms with Crippen LogP contribution >= 0.6 is 0 Å². The molecule has 0 bridgehead atoms. The molecule has 3 atom stereocenters. The summed E-state index contributed by atoms with van der Waals surface area (Å²) in [6.45, 7) is 1.09. The molecule has 0 aromatic heterocycles. The van der Waals surface area contributed by atoms with Crippen molar-refractivity contribution in [2.45, 2.75) is 43.2 Å². The summed E-state index contributed by atoms with van der Waals surface area (Å²) in [7, 11) is 5.52. The van der Waals surface area contributed by atoms with Gasteiger partial charge in [0.25, 0.3) is 0 Å². The zero-order valence-corrected chi connectivity index (χ0v) is 13.1. The molecule has 4 heteroatoms. The van der Waals surface area contributed by atoms with Gasteiger partial charge >= 0.3 is 0 Å². The largest absolute Gasteiger partial charge is 0.493 e. The van der Waals surface area contributed by atoms with Crippen molar-refractivity contribution in [3.05, 3.63) is 23.8 Å². The number of rotatable bonds is 3. The Labute approximate surface area is 126 Å². The number of ether oxygens (including phenoxy) is 2. The van der Waals surface area contributed by atoms with Crippen LogP contribution in [0.15, 0.2) is 18.2 Å². The molecule has 2 fully saturated rings. The van der Waals surface area contributed by atoms with Crippen LogP contribution in [-0.2, 0) is 5.41 Å². The van der Waals surface area contributed by atoms with Crippen LogP contribution in [0, 0.1) is 0 Å². The lowest BCUT2D eigenvalue weighted by Gasteiger charge is -2.43. The fraction of sp³-hybridized carbons (Fsp3) is 0.647. The number of likely N-dealkylation sites (N-methyl/N-ethyl adjacent to an activating group) is 1. The van der Waals surface area contributed by atoms with Gasteiger partial charge in [0.05, 0.1) is 20.3 Å². The second kappa shape index (κ2) is 5.50. The first kappa shape index (κ1) is 14.7. The van der Waals surface area contributed by atoms with Gasteiger partial charge in [-0.2, -0.15) is 0 Å². The van der Waals surface area contributed by atoms with Crippen LogP contribution in [0.2, 0.25) is 0 Å². The molecule has 1 aromatic carbocycles. The minimum atomic E-state index is -0.163. The van der Waals surface area contributed by atoms with E-state index in [-0.39, 0.29) is 11.5 Å². The summed E-state index contributed by atoms with van der Waals surface area (Å²) >= 11 is 0. The highest BCUT2D eigenvalue weighted by molar-refractivity contribution is 5.46. The van der Waals surface area contributed by atoms with Crippen molar-refractivity contribution in [2.24, 2.45) is 0 Å². The molecule has 3 unspecified atom stereocenters. The van der Waals surface area contributed by atoms with Crippen LogP contribution in [-0.4, -0.2) is 50.0 Å². The van der Waals surface area contributed by atoms with Crippen molar-refractivity contribution in [3.63, 3.8) is 0 Å². The van der Waals surface area contributed by atoms with Crippen LogP contribution < -0.4 is 9.47 Å². The van der Waals surface area contributed by atoms with E-state index >= 15 is 0 Å². The molecule has 1 heterocycles. The molecule has 1 saturated heterocycles. The van der Waals surface area contributed by atoms with Crippen molar-refractivity contribution < 1.29 is 14.6 Å². The topological polar surface area (TPSA) is 41.9 Å². The predicted octanol–water partition coefficient (Wildman–Crippen LogP) is 2.19. The number of likely N-dealkylation sites (tertiary alicyclic amines) is 1. The van der Waals surface area contributed by atoms with Crippen molar-refractivity contribution in [2.75, 3.05) is 27.8 Å². The molecule has 2 aliphatic rings. The Kier molecular flexibility index (Phi) is 3.84. The van der Waals surface area contributed by atoms with E-state index in [0.717, 1.165) is 43.7 Å². The van der Waals surface area contributed by atoms with E-state index in [1.165, 1.54) is 5.56 Å². The maximum absolute atomic E-state index is 10.0. The summed E-state index contributed by atoms with van der Waals surface area (Å²) < 4.78 is 10.8. The summed E-state index contributed by atoms with van der Waals surface area (Å²) in [5.41, 5.74) is 1.47. The molecular formula is C17H25NO3. The van der Waals surface area contributed by atoms with Gasteiger partial charge in [-0.25, -0.2) is 0 Å². The second-order valence-corrected chi connectivity index (χ2v) is 6.40. The summed E-state index contributed by atoms with van der Waals surface area (Å²) in [5, 5.41) is 10.0. The maximum Gasteiger partial charge on any atom is 0.161 e. The number of hydrogen-bond acceptors (Lipinski definition) is 4. The van der Waals surface area contributed by atoms with Gasteiger partial charge in [-0.1, -0.05) is 6.07 Å². The van der Waals surface area contributed by atoms with Crippen molar-refractivity contribution in [1.82, 2.24) is 4.90 Å². The van der Waals surface area contributed by atoms with Gasteiger partial charge < -0.3 is 19.5 Å². The zero-order valence-electron chi connectivity index (χ0n) is 13.1. The fourth-order valence-electron chi connectivity index (χ4n) is 4.24. The van der Waals surface area contributed by atoms with Crippen molar-refractivity contribution in [1.29, 1.82) is 0 Å². The van der Waals surface area contributed by atoms with E-state index < -0.39 is 0 Å². The van der Waals surface area contributed by atoms with Crippen LogP contribution in [0.5, 0.6) is 11.5 Å². The lowest BCUT2D eigenvalue weighted by Crippen LogP contribution is -2.47. The summed E-state index contributed by atoms with van der Waals surface area (Å²) in [6, 6.07) is 6.72. The van der Waals surface area contributed by atoms with Gasteiger partial charge in [-0.15, -0.1) is 0 Å². The lowest BCUT2D eigenvalue weighted by atomic mass is 9.65. The highest BCUT2D eigenvalue weighted by Crippen LogP contribution is 2.49. The lowest BCUT2D eigenvalue weighted by molar-refractivity contribution is 0.0566. The molecule has 0 amide bonds. The van der Waals surface area contributed by atoms with Gasteiger partial charge in [0.15, 0.2) is 11.5 Å². The first-order valence-corrected chi connectivity index (χ1v) is 7.71. The van der Waals surface area contributed by atoms with E-state index in [0.29, 0.717) is 6.04 Å². The Morgan fingerprint density at radius 3 is 2.67 bits per heavy atom. The highest BCUT2D eigenvalue weighted by atomic mass is 16.5. The van der Waals surface area contributed by atoms with Gasteiger partial charge in [-0.05, 0) is 57.0 Å². The molecule has 1 aliphatic carbocycles. The van der Waals surface area contributed by atoms with Gasteiger partial charge in [0.2, 0.25) is 0 Å². The third-order valence-corrected chi connectivity index (χ3v) is 5.46. The van der Waals surface area contributed by atoms with Crippen LogP contribution in [0.4, 0.5) is 0 Å². The van der Waals surface area contributed by atoms with E-state index in [1.807, 2.05) is 6.07 Å². The minimum absolute atomic E-state index is 0.146. The maximum atomic E-state index is 10.0. The third kappa shape index (κ3) is 2.30. The van der Waals surface area contributed by atoms with Gasteiger partial charge in [-0.3, -0.25) is 0 Å². The average molecular weight is 291 g/mol. The number of nitrogens with zero attached hydrogens (tertiary/aromatic N) is 1. The second-order valence-electron chi connectivity index (χ2n) is 6.40. The number of hydrogen-bond donors (Lipinski definition) is 1. The van der Waals surface area contributed by atoms with Crippen LogP contribution in [0.1, 0.15) is 31.2 Å². The summed E-state index contributed by atoms with van der Waals surface area (Å²) in [5.74, 6) is 1.57. The Bertz CT molecular complexity index is 519. The Morgan fingerprint density at radius 2 is 1.95 bits per heavy atom. The molecule has 4 nitrogen and oxygen atoms in total. The molecule has 116 valence electrons. The van der Waals surface area contributed by atoms with E-state index in [4.69, 9.17) is 9.47 Å². The van der Waals surface area contributed by atoms with Crippen LogP contribution in [0.25, 0.3) is 0 Å². The van der Waals surface area contributed by atoms with E-state index in [9.17, 15) is 5.11 Å². The smallest absolute Gasteiger partial charge is 0.161 e. The average Bonchev–Trinajstić information content (AvgIpc) is 2.85. The van der Waals surface area contributed by atoms with E-state index in [2.05, 4.69) is 24.1 Å². The molecule has 3 rings (SSSR count). The molecule has 21 heavy (non-hydrogen) atoms. The quantitative estimate of drug-likeness (QED) is 0.927. The molecule has 1 aliphatic heterocycles. The normalized spacial score (nSPS) is 32.8. The first-order chi connectivity index (χ1) is 10.1. The van der Waals surface area contributed by atoms with Crippen molar-refractivity contribution >= 4 is 0 Å². The predicted molar refractivity (Wildman–Crippen MR) is 82.1 cm³/mol. The Hall–Kier alpha value is -1.26. The number of methoxy groups -OCH3 is 2. The molecule has 1 saturated carbocycles. The van der Waals surface area contributed by atoms with E-state index in [1.54, 1.807) is 14.2 Å². The monoisotopic (exact) mass is 291 g/mol. The molecule has 0 spiro atoms. The fourth-order valence-corrected chi connectivity index (χ4v) is 4.24. The first-order valence-electron chi connectivity index (χ1n) is 7.71. The van der Waals surface area contributed by atoms with Gasteiger partial charge in [0, 0.05) is 11.5 Å². The summed E-state index contributed by atoms with van der Waals surface area (Å²) in [6.07, 6.45) is 3.78. The number of aliphatic hydroxyl groups is 1. The number of benzene rings is 1. The standard InChI is InChI=1S/C17H25NO3/c1-18-9-8-17(7-6-13(19)11-16(17)18)12-4-5-14(20-2)15(10-12)21-3/h4-5,10,13,16,19H,6-9,11H2,1-3H3. The number of fused-ring (bicyclic) bond motifs is 1. The SMILES string of the molecule is COc1ccc(C23CCC(O)CC2N(C)CC3)cc1OC.